The van der Waals surface area contributed by atoms with Gasteiger partial charge in [-0.2, -0.15) is 11.8 Å². The van der Waals surface area contributed by atoms with E-state index in [-0.39, 0.29) is 19.3 Å². The Morgan fingerprint density at radius 1 is 0.688 bits per heavy atom. The lowest BCUT2D eigenvalue weighted by Gasteiger charge is -2.25. The Morgan fingerprint density at radius 3 is 1.73 bits per heavy atom. The molecule has 48 heavy (non-hydrogen) atoms. The summed E-state index contributed by atoms with van der Waals surface area (Å²) in [4.78, 5) is 59.7. The molecule has 12 heteroatoms. The summed E-state index contributed by atoms with van der Waals surface area (Å²) in [6.45, 7) is 0. The van der Waals surface area contributed by atoms with Crippen LogP contribution in [0.4, 0.5) is 0 Å². The van der Waals surface area contributed by atoms with Crippen molar-refractivity contribution in [2.24, 2.45) is 5.73 Å². The second-order valence-electron chi connectivity index (χ2n) is 11.7. The molecule has 11 nitrogen and oxygen atoms in total. The average Bonchev–Trinajstić information content (AvgIpc) is 3.70. The highest BCUT2D eigenvalue weighted by Gasteiger charge is 2.31. The molecule has 2 heterocycles. The van der Waals surface area contributed by atoms with Gasteiger partial charge in [-0.25, -0.2) is 4.79 Å². The van der Waals surface area contributed by atoms with Crippen LogP contribution in [-0.2, 0) is 38.4 Å². The van der Waals surface area contributed by atoms with Crippen LogP contribution in [0.2, 0.25) is 0 Å². The molecule has 4 unspecified atom stereocenters. The second kappa shape index (κ2) is 16.2. The monoisotopic (exact) mass is 668 g/mol. The average molecular weight is 669 g/mol. The van der Waals surface area contributed by atoms with E-state index in [0.29, 0.717) is 12.2 Å². The number of nitrogens with one attached hydrogen (secondary N) is 5. The van der Waals surface area contributed by atoms with Crippen LogP contribution in [0.5, 0.6) is 0 Å². The van der Waals surface area contributed by atoms with Crippen LogP contribution < -0.4 is 21.7 Å². The van der Waals surface area contributed by atoms with Gasteiger partial charge in [0.25, 0.3) is 0 Å². The van der Waals surface area contributed by atoms with Gasteiger partial charge in [-0.1, -0.05) is 66.7 Å². The van der Waals surface area contributed by atoms with Crippen LogP contribution in [-0.4, -0.2) is 74.9 Å². The van der Waals surface area contributed by atoms with Crippen molar-refractivity contribution < 1.29 is 24.3 Å². The van der Waals surface area contributed by atoms with E-state index >= 15 is 0 Å². The molecule has 2 aromatic heterocycles. The molecule has 0 radical (unpaired) electrons. The van der Waals surface area contributed by atoms with Crippen LogP contribution in [0, 0.1) is 0 Å². The van der Waals surface area contributed by atoms with Crippen molar-refractivity contribution in [3.63, 3.8) is 0 Å². The maximum absolute atomic E-state index is 14.0. The van der Waals surface area contributed by atoms with E-state index in [2.05, 4.69) is 25.9 Å². The fourth-order valence-electron chi connectivity index (χ4n) is 5.71. The van der Waals surface area contributed by atoms with Crippen molar-refractivity contribution in [3.8, 4) is 0 Å². The smallest absolute Gasteiger partial charge is 0.326 e. The van der Waals surface area contributed by atoms with Crippen LogP contribution in [0.3, 0.4) is 0 Å². The number of hydrogen-bond donors (Lipinski definition) is 7. The zero-order valence-corrected chi connectivity index (χ0v) is 27.4. The number of aliphatic carboxylic acids is 1. The molecule has 0 saturated carbocycles. The Kier molecular flexibility index (Phi) is 11.5. The standard InChI is InChI=1S/C36H40N6O5S/c1-48-16-15-27(37)33(43)40-30(17-22-9-3-2-4-10-22)34(44)41-31(18-23-20-38-28-13-7-5-11-25(23)28)35(45)42-32(36(46)47)19-24-21-39-29-14-8-6-12-26(24)29/h2-14,20-21,27,30-32,38-39H,15-19,37H2,1H3,(H,40,43)(H,41,44)(H,42,45)(H,46,47). The topological polar surface area (TPSA) is 182 Å². The fraction of sp³-hybridized carbons (Fsp3) is 0.278. The lowest BCUT2D eigenvalue weighted by atomic mass is 10.0. The molecule has 3 amide bonds. The Balaban J connectivity index is 1.40. The minimum absolute atomic E-state index is 0.0272. The molecular weight excluding hydrogens is 629 g/mol. The molecule has 5 aromatic rings. The van der Waals surface area contributed by atoms with E-state index in [9.17, 15) is 24.3 Å². The number of benzene rings is 3. The predicted molar refractivity (Wildman–Crippen MR) is 189 cm³/mol. The number of rotatable bonds is 16. The predicted octanol–water partition coefficient (Wildman–Crippen LogP) is 3.30. The number of amides is 3. The summed E-state index contributed by atoms with van der Waals surface area (Å²) in [7, 11) is 0. The van der Waals surface area contributed by atoms with Gasteiger partial charge >= 0.3 is 5.97 Å². The Bertz CT molecular complexity index is 1870. The first-order chi connectivity index (χ1) is 23.2. The third-order valence-electron chi connectivity index (χ3n) is 8.33. The normalized spacial score (nSPS) is 13.8. The van der Waals surface area contributed by atoms with Crippen molar-refractivity contribution in [1.82, 2.24) is 25.9 Å². The van der Waals surface area contributed by atoms with E-state index < -0.39 is 47.9 Å². The summed E-state index contributed by atoms with van der Waals surface area (Å²) in [6.07, 6.45) is 6.12. The molecule has 0 fully saturated rings. The maximum atomic E-state index is 14.0. The van der Waals surface area contributed by atoms with Crippen molar-refractivity contribution in [2.75, 3.05) is 12.0 Å². The summed E-state index contributed by atoms with van der Waals surface area (Å²) in [6, 6.07) is 20.0. The number of aromatic nitrogens is 2. The van der Waals surface area contributed by atoms with Gasteiger partial charge in [0.15, 0.2) is 0 Å². The third kappa shape index (κ3) is 8.64. The molecule has 0 spiro atoms. The Morgan fingerprint density at radius 2 is 1.17 bits per heavy atom. The van der Waals surface area contributed by atoms with Gasteiger partial charge in [0.1, 0.15) is 18.1 Å². The first-order valence-electron chi connectivity index (χ1n) is 15.8. The summed E-state index contributed by atoms with van der Waals surface area (Å²) >= 11 is 1.57. The van der Waals surface area contributed by atoms with Crippen LogP contribution >= 0.6 is 11.8 Å². The molecule has 0 bridgehead atoms. The fourth-order valence-corrected chi connectivity index (χ4v) is 6.20. The summed E-state index contributed by atoms with van der Waals surface area (Å²) < 4.78 is 0. The zero-order valence-electron chi connectivity index (χ0n) is 26.6. The highest BCUT2D eigenvalue weighted by atomic mass is 32.2. The van der Waals surface area contributed by atoms with E-state index in [0.717, 1.165) is 38.5 Å². The molecule has 3 aromatic carbocycles. The number of carboxylic acids is 1. The van der Waals surface area contributed by atoms with Crippen molar-refractivity contribution >= 4 is 57.3 Å². The Labute approximate surface area is 282 Å². The molecule has 250 valence electrons. The number of para-hydroxylation sites is 2. The third-order valence-corrected chi connectivity index (χ3v) is 8.97. The number of carbonyl (C=O) groups is 4. The molecule has 0 aliphatic carbocycles. The number of carboxylic acid groups (broad SMARTS) is 1. The quantitative estimate of drug-likeness (QED) is 0.0842. The van der Waals surface area contributed by atoms with E-state index in [1.165, 1.54) is 0 Å². The highest BCUT2D eigenvalue weighted by molar-refractivity contribution is 7.98. The van der Waals surface area contributed by atoms with Crippen molar-refractivity contribution in [2.45, 2.75) is 49.9 Å². The van der Waals surface area contributed by atoms with Crippen molar-refractivity contribution in [3.05, 3.63) is 108 Å². The molecular formula is C36H40N6O5S. The van der Waals surface area contributed by atoms with E-state index in [1.807, 2.05) is 85.1 Å². The lowest BCUT2D eigenvalue weighted by molar-refractivity contribution is -0.142. The summed E-state index contributed by atoms with van der Waals surface area (Å²) in [5.41, 5.74) is 10.1. The molecule has 8 N–H and O–H groups in total. The molecule has 0 saturated heterocycles. The van der Waals surface area contributed by atoms with Gasteiger partial charge in [-0.05, 0) is 47.3 Å². The lowest BCUT2D eigenvalue weighted by Crippen LogP contribution is -2.58. The number of hydrogen-bond acceptors (Lipinski definition) is 6. The number of nitrogens with two attached hydrogens (primary N) is 1. The van der Waals surface area contributed by atoms with Crippen LogP contribution in [0.25, 0.3) is 21.8 Å². The molecule has 0 aliphatic rings. The minimum atomic E-state index is -1.27. The molecule has 0 aliphatic heterocycles. The van der Waals surface area contributed by atoms with Gasteiger partial charge in [0.05, 0.1) is 6.04 Å². The van der Waals surface area contributed by atoms with Gasteiger partial charge in [0, 0.05) is 53.5 Å². The van der Waals surface area contributed by atoms with Gasteiger partial charge in [0.2, 0.25) is 17.7 Å². The number of thioether (sulfide) groups is 1. The summed E-state index contributed by atoms with van der Waals surface area (Å²) in [5, 5.41) is 20.2. The highest BCUT2D eigenvalue weighted by Crippen LogP contribution is 2.21. The summed E-state index contributed by atoms with van der Waals surface area (Å²) in [5.74, 6) is -2.25. The van der Waals surface area contributed by atoms with Gasteiger partial charge in [-0.3, -0.25) is 14.4 Å². The first kappa shape index (κ1) is 34.3. The largest absolute Gasteiger partial charge is 0.480 e. The SMILES string of the molecule is CSCCC(N)C(=O)NC(Cc1ccccc1)C(=O)NC(Cc1c[nH]c2ccccc12)C(=O)NC(Cc1c[nH]c2ccccc12)C(=O)O. The van der Waals surface area contributed by atoms with E-state index in [1.54, 1.807) is 24.2 Å². The minimum Gasteiger partial charge on any atom is -0.480 e. The van der Waals surface area contributed by atoms with Gasteiger partial charge < -0.3 is 36.8 Å². The number of carbonyl (C=O) groups excluding carboxylic acids is 3. The second-order valence-corrected chi connectivity index (χ2v) is 12.7. The maximum Gasteiger partial charge on any atom is 0.326 e. The number of fused-ring (bicyclic) bond motifs is 2. The Hall–Kier alpha value is -5.07. The number of aromatic amines is 2. The molecule has 5 rings (SSSR count). The van der Waals surface area contributed by atoms with Gasteiger partial charge in [-0.15, -0.1) is 0 Å². The molecule has 4 atom stereocenters. The van der Waals surface area contributed by atoms with Crippen LogP contribution in [0.15, 0.2) is 91.3 Å². The van der Waals surface area contributed by atoms with Crippen LogP contribution in [0.1, 0.15) is 23.1 Å². The zero-order chi connectivity index (χ0) is 34.0. The van der Waals surface area contributed by atoms with E-state index in [4.69, 9.17) is 5.73 Å². The van der Waals surface area contributed by atoms with Crippen molar-refractivity contribution in [1.29, 1.82) is 0 Å². The first-order valence-corrected chi connectivity index (χ1v) is 17.1. The number of H-pyrrole nitrogens is 2.